The third kappa shape index (κ3) is 4.41. The second-order valence-corrected chi connectivity index (χ2v) is 6.47. The number of carbonyl (C=O) groups excluding carboxylic acids is 1. The van der Waals surface area contributed by atoms with Gasteiger partial charge in [-0.15, -0.1) is 12.4 Å². The summed E-state index contributed by atoms with van der Waals surface area (Å²) in [6.07, 6.45) is -0.705. The Balaban J connectivity index is 0.00000288. The molecule has 2 aromatic rings. The van der Waals surface area contributed by atoms with E-state index in [1.807, 2.05) is 26.8 Å². The van der Waals surface area contributed by atoms with Gasteiger partial charge in [-0.1, -0.05) is 6.07 Å². The number of β-amino-alcohol motifs (C(OH)–C–C–N with tert-alkyl or cyclic N) is 1. The van der Waals surface area contributed by atoms with Crippen LogP contribution >= 0.6 is 12.4 Å². The maximum absolute atomic E-state index is 11.8. The SMILES string of the molecule is COC(=O)c1cc2c(C(O)CNC(C)(C)C)ccc(OC)c2[nH]1.Cl. The van der Waals surface area contributed by atoms with E-state index in [9.17, 15) is 9.90 Å². The summed E-state index contributed by atoms with van der Waals surface area (Å²) in [5, 5.41) is 14.5. The molecule has 1 heterocycles. The number of ether oxygens (including phenoxy) is 2. The van der Waals surface area contributed by atoms with Crippen molar-refractivity contribution in [2.45, 2.75) is 32.4 Å². The molecular weight excluding hydrogens is 332 g/mol. The first-order valence-electron chi connectivity index (χ1n) is 7.48. The minimum atomic E-state index is -0.705. The summed E-state index contributed by atoms with van der Waals surface area (Å²) >= 11 is 0. The summed E-state index contributed by atoms with van der Waals surface area (Å²) in [5.41, 5.74) is 1.62. The lowest BCUT2D eigenvalue weighted by Crippen LogP contribution is -2.38. The first-order valence-corrected chi connectivity index (χ1v) is 7.48. The summed E-state index contributed by atoms with van der Waals surface area (Å²) in [7, 11) is 2.89. The molecule has 2 rings (SSSR count). The third-order valence-corrected chi connectivity index (χ3v) is 3.60. The molecule has 0 amide bonds. The topological polar surface area (TPSA) is 83.6 Å². The van der Waals surface area contributed by atoms with Gasteiger partial charge in [0.05, 0.1) is 25.8 Å². The van der Waals surface area contributed by atoms with Gasteiger partial charge >= 0.3 is 5.97 Å². The first-order chi connectivity index (χ1) is 10.8. The van der Waals surface area contributed by atoms with Crippen molar-refractivity contribution >= 4 is 29.3 Å². The van der Waals surface area contributed by atoms with Crippen LogP contribution in [0.25, 0.3) is 10.9 Å². The zero-order valence-electron chi connectivity index (χ0n) is 14.6. The largest absolute Gasteiger partial charge is 0.495 e. The van der Waals surface area contributed by atoms with Crippen LogP contribution in [0.5, 0.6) is 5.75 Å². The minimum absolute atomic E-state index is 0. The standard InChI is InChI=1S/C17H24N2O4.ClH/c1-17(2,3)18-9-13(20)10-6-7-14(22-4)15-11(10)8-12(19-15)16(21)23-5;/h6-8,13,18-20H,9H2,1-5H3;1H. The highest BCUT2D eigenvalue weighted by molar-refractivity contribution is 5.98. The second kappa shape index (κ2) is 7.88. The lowest BCUT2D eigenvalue weighted by Gasteiger charge is -2.23. The number of aliphatic hydroxyl groups is 1. The number of aromatic amines is 1. The number of rotatable bonds is 5. The van der Waals surface area contributed by atoms with E-state index in [0.717, 1.165) is 10.9 Å². The Bertz CT molecular complexity index is 706. The number of esters is 1. The molecule has 0 aliphatic carbocycles. The van der Waals surface area contributed by atoms with Crippen LogP contribution in [-0.4, -0.2) is 42.4 Å². The molecule has 0 spiro atoms. The van der Waals surface area contributed by atoms with E-state index in [1.54, 1.807) is 19.2 Å². The molecule has 0 aliphatic heterocycles. The number of nitrogens with one attached hydrogen (secondary N) is 2. The molecule has 1 aromatic heterocycles. The van der Waals surface area contributed by atoms with E-state index < -0.39 is 12.1 Å². The fourth-order valence-electron chi connectivity index (χ4n) is 2.41. The number of carbonyl (C=O) groups is 1. The molecule has 0 fully saturated rings. The predicted molar refractivity (Wildman–Crippen MR) is 96.2 cm³/mol. The van der Waals surface area contributed by atoms with Crippen LogP contribution in [-0.2, 0) is 4.74 Å². The van der Waals surface area contributed by atoms with Crippen molar-refractivity contribution in [3.8, 4) is 5.75 Å². The quantitative estimate of drug-likeness (QED) is 0.717. The molecular formula is C17H25ClN2O4. The van der Waals surface area contributed by atoms with Gasteiger partial charge in [0.2, 0.25) is 0 Å². The molecule has 3 N–H and O–H groups in total. The molecule has 0 radical (unpaired) electrons. The molecule has 7 heteroatoms. The molecule has 0 bridgehead atoms. The minimum Gasteiger partial charge on any atom is -0.495 e. The number of hydrogen-bond donors (Lipinski definition) is 3. The summed E-state index contributed by atoms with van der Waals surface area (Å²) in [6.45, 7) is 6.52. The number of H-pyrrole nitrogens is 1. The molecule has 24 heavy (non-hydrogen) atoms. The molecule has 0 saturated carbocycles. The van der Waals surface area contributed by atoms with Crippen molar-refractivity contribution in [2.75, 3.05) is 20.8 Å². The highest BCUT2D eigenvalue weighted by atomic mass is 35.5. The lowest BCUT2D eigenvalue weighted by atomic mass is 10.0. The Labute approximate surface area is 147 Å². The van der Waals surface area contributed by atoms with Crippen molar-refractivity contribution < 1.29 is 19.4 Å². The number of aliphatic hydroxyl groups excluding tert-OH is 1. The van der Waals surface area contributed by atoms with Crippen molar-refractivity contribution in [1.82, 2.24) is 10.3 Å². The van der Waals surface area contributed by atoms with Gasteiger partial charge in [0, 0.05) is 17.5 Å². The Morgan fingerprint density at radius 2 is 2.00 bits per heavy atom. The van der Waals surface area contributed by atoms with Gasteiger partial charge < -0.3 is 24.9 Å². The van der Waals surface area contributed by atoms with E-state index in [2.05, 4.69) is 10.3 Å². The molecule has 1 aromatic carbocycles. The Kier molecular flexibility index (Phi) is 6.66. The zero-order valence-corrected chi connectivity index (χ0v) is 15.4. The maximum atomic E-state index is 11.8. The number of hydrogen-bond acceptors (Lipinski definition) is 5. The van der Waals surface area contributed by atoms with Gasteiger partial charge in [-0.2, -0.15) is 0 Å². The highest BCUT2D eigenvalue weighted by Crippen LogP contribution is 2.32. The Morgan fingerprint density at radius 1 is 1.33 bits per heavy atom. The maximum Gasteiger partial charge on any atom is 0.354 e. The lowest BCUT2D eigenvalue weighted by molar-refractivity contribution is 0.0595. The van der Waals surface area contributed by atoms with Crippen molar-refractivity contribution in [2.24, 2.45) is 0 Å². The molecule has 6 nitrogen and oxygen atoms in total. The van der Waals surface area contributed by atoms with Crippen LogP contribution < -0.4 is 10.1 Å². The van der Waals surface area contributed by atoms with Gasteiger partial charge in [0.25, 0.3) is 0 Å². The van der Waals surface area contributed by atoms with Crippen LogP contribution in [0.2, 0.25) is 0 Å². The van der Waals surface area contributed by atoms with Gasteiger partial charge in [0.15, 0.2) is 0 Å². The molecule has 134 valence electrons. The average Bonchev–Trinajstić information content (AvgIpc) is 2.95. The van der Waals surface area contributed by atoms with E-state index in [0.29, 0.717) is 23.5 Å². The van der Waals surface area contributed by atoms with Gasteiger partial charge in [-0.05, 0) is 38.5 Å². The first kappa shape index (κ1) is 20.3. The van der Waals surface area contributed by atoms with Crippen LogP contribution in [0.3, 0.4) is 0 Å². The van der Waals surface area contributed by atoms with E-state index in [-0.39, 0.29) is 17.9 Å². The highest BCUT2D eigenvalue weighted by Gasteiger charge is 2.20. The zero-order chi connectivity index (χ0) is 17.2. The van der Waals surface area contributed by atoms with Gasteiger partial charge in [-0.3, -0.25) is 0 Å². The normalized spacial score (nSPS) is 12.6. The summed E-state index contributed by atoms with van der Waals surface area (Å²) in [5.74, 6) is 0.145. The van der Waals surface area contributed by atoms with Crippen molar-refractivity contribution in [1.29, 1.82) is 0 Å². The van der Waals surface area contributed by atoms with E-state index in [1.165, 1.54) is 7.11 Å². The summed E-state index contributed by atoms with van der Waals surface area (Å²) in [4.78, 5) is 14.8. The molecule has 1 atom stereocenters. The van der Waals surface area contributed by atoms with Crippen LogP contribution in [0.4, 0.5) is 0 Å². The van der Waals surface area contributed by atoms with Crippen LogP contribution in [0.15, 0.2) is 18.2 Å². The fourth-order valence-corrected chi connectivity index (χ4v) is 2.41. The Morgan fingerprint density at radius 3 is 2.54 bits per heavy atom. The number of fused-ring (bicyclic) bond motifs is 1. The van der Waals surface area contributed by atoms with Gasteiger partial charge in [-0.25, -0.2) is 4.79 Å². The molecule has 0 aliphatic rings. The number of halogens is 1. The van der Waals surface area contributed by atoms with Crippen LogP contribution in [0.1, 0.15) is 42.9 Å². The van der Waals surface area contributed by atoms with Crippen molar-refractivity contribution in [3.63, 3.8) is 0 Å². The number of benzene rings is 1. The Hall–Kier alpha value is -1.76. The predicted octanol–water partition coefficient (Wildman–Crippen LogP) is 2.81. The smallest absolute Gasteiger partial charge is 0.354 e. The average molecular weight is 357 g/mol. The van der Waals surface area contributed by atoms with E-state index >= 15 is 0 Å². The summed E-state index contributed by atoms with van der Waals surface area (Å²) < 4.78 is 10.1. The summed E-state index contributed by atoms with van der Waals surface area (Å²) in [6, 6.07) is 5.26. The third-order valence-electron chi connectivity index (χ3n) is 3.60. The van der Waals surface area contributed by atoms with Crippen molar-refractivity contribution in [3.05, 3.63) is 29.5 Å². The molecule has 0 saturated heterocycles. The van der Waals surface area contributed by atoms with E-state index in [4.69, 9.17) is 9.47 Å². The molecule has 1 unspecified atom stereocenters. The van der Waals surface area contributed by atoms with Gasteiger partial charge in [0.1, 0.15) is 11.4 Å². The second-order valence-electron chi connectivity index (χ2n) is 6.47. The fraction of sp³-hybridized carbons (Fsp3) is 0.471. The number of methoxy groups -OCH3 is 2. The monoisotopic (exact) mass is 356 g/mol. The number of aromatic nitrogens is 1. The van der Waals surface area contributed by atoms with Crippen LogP contribution in [0, 0.1) is 0 Å².